The number of halogens is 1. The van der Waals surface area contributed by atoms with Gasteiger partial charge in [-0.3, -0.25) is 0 Å². The molecule has 1 fully saturated rings. The van der Waals surface area contributed by atoms with Crippen molar-refractivity contribution in [2.75, 3.05) is 6.54 Å². The molecule has 0 heterocycles. The smallest absolute Gasteiger partial charge is 0.0165 e. The maximum Gasteiger partial charge on any atom is 0.0165 e. The first-order valence-electron chi connectivity index (χ1n) is 6.79. The highest BCUT2D eigenvalue weighted by molar-refractivity contribution is 14.1. The minimum atomic E-state index is 0.771. The molecule has 1 aliphatic carbocycles. The van der Waals surface area contributed by atoms with E-state index in [1.807, 2.05) is 0 Å². The molecule has 0 radical (unpaired) electrons. The minimum absolute atomic E-state index is 0.771. The van der Waals surface area contributed by atoms with Crippen LogP contribution in [0.25, 0.3) is 0 Å². The van der Waals surface area contributed by atoms with Crippen LogP contribution in [0, 0.1) is 3.57 Å². The van der Waals surface area contributed by atoms with Gasteiger partial charge in [0.2, 0.25) is 0 Å². The molecule has 2 rings (SSSR count). The fourth-order valence-corrected chi connectivity index (χ4v) is 3.59. The summed E-state index contributed by atoms with van der Waals surface area (Å²) >= 11 is 2.48. The Hall–Kier alpha value is -0.0900. The third kappa shape index (κ3) is 3.68. The molecule has 1 aromatic carbocycles. The second-order valence-corrected chi connectivity index (χ2v) is 6.19. The second kappa shape index (κ2) is 6.74. The molecular weight excluding hydrogens is 321 g/mol. The van der Waals surface area contributed by atoms with Gasteiger partial charge >= 0.3 is 0 Å². The van der Waals surface area contributed by atoms with E-state index in [0.717, 1.165) is 12.0 Å². The molecule has 0 spiro atoms. The molecule has 0 saturated heterocycles. The van der Waals surface area contributed by atoms with E-state index in [1.54, 1.807) is 5.56 Å². The zero-order valence-electron chi connectivity index (χ0n) is 10.6. The van der Waals surface area contributed by atoms with Crippen molar-refractivity contribution >= 4 is 22.6 Å². The molecule has 1 aliphatic rings. The molecule has 0 unspecified atom stereocenters. The van der Waals surface area contributed by atoms with Crippen LogP contribution in [0.3, 0.4) is 0 Å². The van der Waals surface area contributed by atoms with Gasteiger partial charge in [-0.05, 0) is 78.8 Å². The third-order valence-electron chi connectivity index (χ3n) is 3.76. The Labute approximate surface area is 119 Å². The Balaban J connectivity index is 1.89. The molecule has 1 nitrogen and oxygen atoms in total. The average molecular weight is 343 g/mol. The lowest BCUT2D eigenvalue weighted by atomic mass is 9.82. The van der Waals surface area contributed by atoms with E-state index in [1.165, 1.54) is 42.2 Å². The van der Waals surface area contributed by atoms with E-state index in [-0.39, 0.29) is 0 Å². The molecule has 1 N–H and O–H groups in total. The van der Waals surface area contributed by atoms with Gasteiger partial charge < -0.3 is 5.32 Å². The summed E-state index contributed by atoms with van der Waals surface area (Å²) in [5.74, 6) is 0.794. The summed E-state index contributed by atoms with van der Waals surface area (Å²) in [4.78, 5) is 0. The summed E-state index contributed by atoms with van der Waals surface area (Å²) in [6.07, 6.45) is 6.63. The van der Waals surface area contributed by atoms with Crippen LogP contribution < -0.4 is 5.32 Å². The predicted octanol–water partition coefficient (Wildman–Crippen LogP) is 4.32. The van der Waals surface area contributed by atoms with Gasteiger partial charge in [0.15, 0.2) is 0 Å². The van der Waals surface area contributed by atoms with Gasteiger partial charge in [-0.25, -0.2) is 0 Å². The van der Waals surface area contributed by atoms with Crippen LogP contribution in [0.15, 0.2) is 24.3 Å². The Kier molecular flexibility index (Phi) is 5.29. The normalized spacial score (nSPS) is 24.8. The molecule has 1 aromatic rings. The van der Waals surface area contributed by atoms with Gasteiger partial charge in [0.05, 0.1) is 0 Å². The Bertz CT molecular complexity index is 343. The molecule has 17 heavy (non-hydrogen) atoms. The van der Waals surface area contributed by atoms with Crippen LogP contribution in [0.2, 0.25) is 0 Å². The van der Waals surface area contributed by atoms with E-state index in [4.69, 9.17) is 0 Å². The monoisotopic (exact) mass is 343 g/mol. The Morgan fingerprint density at radius 2 is 1.88 bits per heavy atom. The van der Waals surface area contributed by atoms with Crippen LogP contribution in [-0.4, -0.2) is 12.6 Å². The SMILES string of the molecule is CCCNC1CCC(c2ccccc2I)CC1. The van der Waals surface area contributed by atoms with Crippen molar-refractivity contribution in [3.8, 4) is 0 Å². The van der Waals surface area contributed by atoms with Gasteiger partial charge in [0.25, 0.3) is 0 Å². The van der Waals surface area contributed by atoms with Crippen molar-refractivity contribution < 1.29 is 0 Å². The fraction of sp³-hybridized carbons (Fsp3) is 0.600. The lowest BCUT2D eigenvalue weighted by Gasteiger charge is -2.30. The number of hydrogen-bond acceptors (Lipinski definition) is 1. The predicted molar refractivity (Wildman–Crippen MR) is 82.4 cm³/mol. The molecule has 94 valence electrons. The van der Waals surface area contributed by atoms with Crippen LogP contribution in [0.1, 0.15) is 50.5 Å². The van der Waals surface area contributed by atoms with Crippen molar-refractivity contribution in [1.29, 1.82) is 0 Å². The fourth-order valence-electron chi connectivity index (χ4n) is 2.76. The molecule has 0 atom stereocenters. The summed E-state index contributed by atoms with van der Waals surface area (Å²) in [5.41, 5.74) is 1.57. The van der Waals surface area contributed by atoms with E-state index in [0.29, 0.717) is 0 Å². The van der Waals surface area contributed by atoms with Crippen molar-refractivity contribution in [3.63, 3.8) is 0 Å². The van der Waals surface area contributed by atoms with Crippen molar-refractivity contribution in [2.24, 2.45) is 0 Å². The number of nitrogens with one attached hydrogen (secondary N) is 1. The molecule has 0 amide bonds. The maximum atomic E-state index is 3.66. The number of hydrogen-bond donors (Lipinski definition) is 1. The second-order valence-electron chi connectivity index (χ2n) is 5.02. The summed E-state index contributed by atoms with van der Waals surface area (Å²) in [6.45, 7) is 3.42. The maximum absolute atomic E-state index is 3.66. The first kappa shape index (κ1) is 13.3. The average Bonchev–Trinajstić information content (AvgIpc) is 2.38. The molecule has 2 heteroatoms. The van der Waals surface area contributed by atoms with Crippen molar-refractivity contribution in [1.82, 2.24) is 5.32 Å². The van der Waals surface area contributed by atoms with Gasteiger partial charge in [-0.2, -0.15) is 0 Å². The molecule has 0 aromatic heterocycles. The van der Waals surface area contributed by atoms with Crippen LogP contribution in [0.4, 0.5) is 0 Å². The topological polar surface area (TPSA) is 12.0 Å². The highest BCUT2D eigenvalue weighted by atomic mass is 127. The lowest BCUT2D eigenvalue weighted by molar-refractivity contribution is 0.343. The van der Waals surface area contributed by atoms with Gasteiger partial charge in [0, 0.05) is 9.61 Å². The minimum Gasteiger partial charge on any atom is -0.314 e. The molecular formula is C15H22IN. The molecule has 0 bridgehead atoms. The number of benzene rings is 1. The zero-order valence-corrected chi connectivity index (χ0v) is 12.7. The van der Waals surface area contributed by atoms with E-state index < -0.39 is 0 Å². The Morgan fingerprint density at radius 3 is 2.53 bits per heavy atom. The summed E-state index contributed by atoms with van der Waals surface area (Å²) in [7, 11) is 0. The van der Waals surface area contributed by atoms with Crippen LogP contribution in [-0.2, 0) is 0 Å². The first-order chi connectivity index (χ1) is 8.31. The van der Waals surface area contributed by atoms with Gasteiger partial charge in [0.1, 0.15) is 0 Å². The highest BCUT2D eigenvalue weighted by Crippen LogP contribution is 2.34. The third-order valence-corrected chi connectivity index (χ3v) is 4.74. The van der Waals surface area contributed by atoms with Gasteiger partial charge in [-0.15, -0.1) is 0 Å². The lowest BCUT2D eigenvalue weighted by Crippen LogP contribution is -2.33. The quantitative estimate of drug-likeness (QED) is 0.803. The van der Waals surface area contributed by atoms with Crippen molar-refractivity contribution in [2.45, 2.75) is 51.0 Å². The summed E-state index contributed by atoms with van der Waals surface area (Å²) in [6, 6.07) is 9.63. The van der Waals surface area contributed by atoms with Gasteiger partial charge in [-0.1, -0.05) is 25.1 Å². The van der Waals surface area contributed by atoms with E-state index >= 15 is 0 Å². The van der Waals surface area contributed by atoms with E-state index in [2.05, 4.69) is 59.1 Å². The van der Waals surface area contributed by atoms with Crippen LogP contribution >= 0.6 is 22.6 Å². The first-order valence-corrected chi connectivity index (χ1v) is 7.87. The number of rotatable bonds is 4. The molecule has 0 aliphatic heterocycles. The highest BCUT2D eigenvalue weighted by Gasteiger charge is 2.22. The Morgan fingerprint density at radius 1 is 1.18 bits per heavy atom. The van der Waals surface area contributed by atoms with Crippen molar-refractivity contribution in [3.05, 3.63) is 33.4 Å². The standard InChI is InChI=1S/C15H22IN/c1-2-11-17-13-9-7-12(8-10-13)14-5-3-4-6-15(14)16/h3-6,12-13,17H,2,7-11H2,1H3. The van der Waals surface area contributed by atoms with Crippen LogP contribution in [0.5, 0.6) is 0 Å². The molecule has 1 saturated carbocycles. The largest absolute Gasteiger partial charge is 0.314 e. The summed E-state index contributed by atoms with van der Waals surface area (Å²) in [5, 5.41) is 3.66. The summed E-state index contributed by atoms with van der Waals surface area (Å²) < 4.78 is 1.44. The van der Waals surface area contributed by atoms with E-state index in [9.17, 15) is 0 Å². The zero-order chi connectivity index (χ0) is 12.1.